The Bertz CT molecular complexity index is 1460. The van der Waals surface area contributed by atoms with Gasteiger partial charge in [0.25, 0.3) is 5.91 Å². The third-order valence-corrected chi connectivity index (χ3v) is 6.32. The zero-order valence-electron chi connectivity index (χ0n) is 20.2. The minimum atomic E-state index is -1.06. The first kappa shape index (κ1) is 25.2. The molecule has 1 amide bonds. The number of nitrogens with two attached hydrogens (primary N) is 1. The maximum atomic E-state index is 13.1. The van der Waals surface area contributed by atoms with Crippen molar-refractivity contribution in [3.8, 4) is 22.3 Å². The van der Waals surface area contributed by atoms with E-state index in [1.807, 2.05) is 63.5 Å². The van der Waals surface area contributed by atoms with Crippen LogP contribution in [-0.4, -0.2) is 26.8 Å². The van der Waals surface area contributed by atoms with Crippen LogP contribution in [0.3, 0.4) is 0 Å². The normalized spacial score (nSPS) is 11.8. The second-order valence-corrected chi connectivity index (χ2v) is 9.27. The molecule has 0 saturated heterocycles. The van der Waals surface area contributed by atoms with Crippen molar-refractivity contribution in [2.75, 3.05) is 0 Å². The number of carboxylic acid groups (broad SMARTS) is 1. The standard InChI is InChI=1S/C28H27ClN4O3/c1-16-4-5-18(13-30)6-26(16)27(34)32-17(2)19-7-20(9-21(8-19)24-14-31-33(3)15-24)22-10-23(28(35)36)12-25(29)11-22/h4-12,14-15,17H,13,30H2,1-3H3,(H,32,34)(H,35,36). The number of aromatic carboxylic acids is 1. The molecule has 0 spiro atoms. The summed E-state index contributed by atoms with van der Waals surface area (Å²) in [6, 6.07) is 15.9. The van der Waals surface area contributed by atoms with E-state index >= 15 is 0 Å². The number of benzene rings is 3. The second-order valence-electron chi connectivity index (χ2n) is 8.83. The van der Waals surface area contributed by atoms with Crippen LogP contribution in [0.2, 0.25) is 5.02 Å². The van der Waals surface area contributed by atoms with Gasteiger partial charge in [-0.3, -0.25) is 9.48 Å². The summed E-state index contributed by atoms with van der Waals surface area (Å²) in [4.78, 5) is 24.8. The molecule has 0 aliphatic heterocycles. The third kappa shape index (κ3) is 5.48. The highest BCUT2D eigenvalue weighted by Gasteiger charge is 2.17. The molecule has 0 aliphatic rings. The van der Waals surface area contributed by atoms with Crippen LogP contribution in [0.4, 0.5) is 0 Å². The molecule has 4 rings (SSSR count). The topological polar surface area (TPSA) is 110 Å². The summed E-state index contributed by atoms with van der Waals surface area (Å²) in [5, 5.41) is 17.2. The molecule has 3 aromatic carbocycles. The second kappa shape index (κ2) is 10.4. The smallest absolute Gasteiger partial charge is 0.335 e. The van der Waals surface area contributed by atoms with E-state index in [-0.39, 0.29) is 17.5 Å². The van der Waals surface area contributed by atoms with Crippen molar-refractivity contribution in [1.29, 1.82) is 0 Å². The molecule has 184 valence electrons. The first-order chi connectivity index (χ1) is 17.1. The summed E-state index contributed by atoms with van der Waals surface area (Å²) in [7, 11) is 1.84. The quantitative estimate of drug-likeness (QED) is 0.315. The molecule has 1 aromatic heterocycles. The van der Waals surface area contributed by atoms with Gasteiger partial charge in [-0.15, -0.1) is 0 Å². The number of hydrogen-bond donors (Lipinski definition) is 3. The van der Waals surface area contributed by atoms with Gasteiger partial charge < -0.3 is 16.2 Å². The van der Waals surface area contributed by atoms with E-state index in [0.29, 0.717) is 22.7 Å². The van der Waals surface area contributed by atoms with Gasteiger partial charge in [-0.25, -0.2) is 4.79 Å². The Morgan fingerprint density at radius 3 is 2.39 bits per heavy atom. The zero-order chi connectivity index (χ0) is 26.0. The van der Waals surface area contributed by atoms with Gasteiger partial charge in [-0.05, 0) is 89.7 Å². The number of carbonyl (C=O) groups excluding carboxylic acids is 1. The summed E-state index contributed by atoms with van der Waals surface area (Å²) >= 11 is 6.24. The summed E-state index contributed by atoms with van der Waals surface area (Å²) in [6.45, 7) is 4.15. The maximum absolute atomic E-state index is 13.1. The van der Waals surface area contributed by atoms with E-state index in [0.717, 1.165) is 33.4 Å². The van der Waals surface area contributed by atoms with Gasteiger partial charge in [-0.2, -0.15) is 5.10 Å². The van der Waals surface area contributed by atoms with Gasteiger partial charge in [0.1, 0.15) is 0 Å². The Morgan fingerprint density at radius 2 is 1.75 bits per heavy atom. The predicted molar refractivity (Wildman–Crippen MR) is 141 cm³/mol. The van der Waals surface area contributed by atoms with Crippen molar-refractivity contribution in [2.45, 2.75) is 26.4 Å². The molecule has 7 nitrogen and oxygen atoms in total. The van der Waals surface area contributed by atoms with Crippen molar-refractivity contribution < 1.29 is 14.7 Å². The van der Waals surface area contributed by atoms with E-state index in [2.05, 4.69) is 10.4 Å². The molecular formula is C28H27ClN4O3. The van der Waals surface area contributed by atoms with Crippen molar-refractivity contribution in [1.82, 2.24) is 15.1 Å². The van der Waals surface area contributed by atoms with Crippen LogP contribution in [0.1, 0.15) is 50.4 Å². The Kier molecular flexibility index (Phi) is 7.24. The molecule has 8 heteroatoms. The number of aromatic nitrogens is 2. The van der Waals surface area contributed by atoms with E-state index in [1.54, 1.807) is 23.0 Å². The molecule has 0 fully saturated rings. The first-order valence-electron chi connectivity index (χ1n) is 11.4. The zero-order valence-corrected chi connectivity index (χ0v) is 21.0. The Hall–Kier alpha value is -3.94. The van der Waals surface area contributed by atoms with Crippen LogP contribution in [0.25, 0.3) is 22.3 Å². The van der Waals surface area contributed by atoms with Crippen LogP contribution >= 0.6 is 11.6 Å². The van der Waals surface area contributed by atoms with Gasteiger partial charge in [0.15, 0.2) is 0 Å². The van der Waals surface area contributed by atoms with Crippen molar-refractivity contribution >= 4 is 23.5 Å². The van der Waals surface area contributed by atoms with Crippen LogP contribution in [0.15, 0.2) is 67.0 Å². The molecule has 0 radical (unpaired) electrons. The highest BCUT2D eigenvalue weighted by atomic mass is 35.5. The maximum Gasteiger partial charge on any atom is 0.335 e. The van der Waals surface area contributed by atoms with Crippen molar-refractivity contribution in [3.63, 3.8) is 0 Å². The number of aryl methyl sites for hydroxylation is 2. The highest BCUT2D eigenvalue weighted by molar-refractivity contribution is 6.31. The lowest BCUT2D eigenvalue weighted by Gasteiger charge is -2.18. The number of amides is 1. The number of carbonyl (C=O) groups is 2. The molecule has 1 unspecified atom stereocenters. The van der Waals surface area contributed by atoms with Crippen LogP contribution < -0.4 is 11.1 Å². The fraction of sp³-hybridized carbons (Fsp3) is 0.179. The molecule has 0 bridgehead atoms. The van der Waals surface area contributed by atoms with Gasteiger partial charge in [0, 0.05) is 35.9 Å². The third-order valence-electron chi connectivity index (χ3n) is 6.10. The summed E-state index contributed by atoms with van der Waals surface area (Å²) in [5.74, 6) is -1.25. The Labute approximate surface area is 214 Å². The van der Waals surface area contributed by atoms with Gasteiger partial charge in [-0.1, -0.05) is 23.7 Å². The largest absolute Gasteiger partial charge is 0.478 e. The van der Waals surface area contributed by atoms with E-state index in [9.17, 15) is 14.7 Å². The lowest BCUT2D eigenvalue weighted by molar-refractivity contribution is 0.0696. The van der Waals surface area contributed by atoms with Crippen LogP contribution in [-0.2, 0) is 13.6 Å². The summed E-state index contributed by atoms with van der Waals surface area (Å²) in [5.41, 5.74) is 12.3. The molecular weight excluding hydrogens is 476 g/mol. The average molecular weight is 503 g/mol. The van der Waals surface area contributed by atoms with Crippen LogP contribution in [0.5, 0.6) is 0 Å². The van der Waals surface area contributed by atoms with Gasteiger partial charge in [0.05, 0.1) is 17.8 Å². The first-order valence-corrected chi connectivity index (χ1v) is 11.8. The minimum Gasteiger partial charge on any atom is -0.478 e. The SMILES string of the molecule is Cc1ccc(CN)cc1C(=O)NC(C)c1cc(-c2cc(Cl)cc(C(=O)O)c2)cc(-c2cnn(C)c2)c1. The van der Waals surface area contributed by atoms with E-state index < -0.39 is 5.97 Å². The number of halogens is 1. The Balaban J connectivity index is 1.76. The Morgan fingerprint density at radius 1 is 1.06 bits per heavy atom. The molecule has 36 heavy (non-hydrogen) atoms. The number of nitrogens with zero attached hydrogens (tertiary/aromatic N) is 2. The van der Waals surface area contributed by atoms with Gasteiger partial charge >= 0.3 is 5.97 Å². The van der Waals surface area contributed by atoms with Crippen molar-refractivity contribution in [2.24, 2.45) is 12.8 Å². The summed E-state index contributed by atoms with van der Waals surface area (Å²) in [6.07, 6.45) is 3.66. The number of rotatable bonds is 7. The van der Waals surface area contributed by atoms with Gasteiger partial charge in [0.2, 0.25) is 0 Å². The lowest BCUT2D eigenvalue weighted by Crippen LogP contribution is -2.27. The average Bonchev–Trinajstić information content (AvgIpc) is 3.29. The van der Waals surface area contributed by atoms with Crippen molar-refractivity contribution in [3.05, 3.63) is 99.8 Å². The number of carboxylic acids is 1. The van der Waals surface area contributed by atoms with Crippen LogP contribution in [0, 0.1) is 6.92 Å². The van der Waals surface area contributed by atoms with E-state index in [1.165, 1.54) is 6.07 Å². The lowest BCUT2D eigenvalue weighted by atomic mass is 9.94. The van der Waals surface area contributed by atoms with E-state index in [4.69, 9.17) is 17.3 Å². The summed E-state index contributed by atoms with van der Waals surface area (Å²) < 4.78 is 1.71. The molecule has 1 atom stereocenters. The molecule has 1 heterocycles. The monoisotopic (exact) mass is 502 g/mol. The fourth-order valence-corrected chi connectivity index (χ4v) is 4.32. The molecule has 0 saturated carbocycles. The number of nitrogens with one attached hydrogen (secondary N) is 1. The fourth-order valence-electron chi connectivity index (χ4n) is 4.08. The molecule has 4 aromatic rings. The minimum absolute atomic E-state index is 0.0995. The molecule has 0 aliphatic carbocycles. The number of hydrogen-bond acceptors (Lipinski definition) is 4. The predicted octanol–water partition coefficient (Wildman–Crippen LogP) is 5.36. The molecule has 4 N–H and O–H groups in total. The highest BCUT2D eigenvalue weighted by Crippen LogP contribution is 2.32.